The van der Waals surface area contributed by atoms with Crippen LogP contribution in [0.25, 0.3) is 54.9 Å². The number of imidazole rings is 1. The standard InChI is InChI=1S/C14H14S.C11H10.2C10H9N.C7H8N4.C7H6N4.2C7H14.2C7H8/c1-11-7-3-5-9-13(11)15-14-10-6-4-8-12(14)2;1-9-5-4-7-10-6-2-3-8-11(9)10;1-8-4-2-5-9-6-3-7-11-10(8)9;1-8-4-5-9-3-2-6-11-10(9)7-8;1-5-6-7(9-3-8-5)11(2)4-10-6;1-5-6-7(11-4-10-5)9-3-2-8-6;4*1-7-5-3-2-4-6-7/h3-10H,1-2H3;2-8H,1H3;2*2-7H,1H3;3-4H,1-2H3;2-4H,1H3;2*7H,2-6H2,1H3;2*2-6H,1H3/p+1. The van der Waals surface area contributed by atoms with Crippen molar-refractivity contribution in [2.45, 2.75) is 150 Å². The summed E-state index contributed by atoms with van der Waals surface area (Å²) < 4.78 is 1.93. The normalized spacial score (nSPS) is 12.2. The van der Waals surface area contributed by atoms with Gasteiger partial charge in [-0.1, -0.05) is 288 Å². The molecule has 11 heteroatoms. The first-order chi connectivity index (χ1) is 47.6. The van der Waals surface area contributed by atoms with Gasteiger partial charge in [-0.15, -0.1) is 0 Å². The quantitative estimate of drug-likeness (QED) is 0.169. The maximum absolute atomic E-state index is 4.28. The largest absolute Gasteiger partial charge is 0.304 e. The highest BCUT2D eigenvalue weighted by molar-refractivity contribution is 7.99. The van der Waals surface area contributed by atoms with Gasteiger partial charge in [-0.2, -0.15) is 0 Å². The van der Waals surface area contributed by atoms with Crippen molar-refractivity contribution in [1.82, 2.24) is 44.9 Å². The SMILES string of the molecule is CC1CCCCC1.CC1CCCCC1.Cc1ccc2cccnc2c1.Cc1cccc2ccccc12.Cc1cccc2cccnc12.Cc1ccccc1.Cc1ccccc1.Cc1ccccc1Sc1ccccc1C.Cc1ncnc2c1[nH]c[n+]2C.Cc1ncnc2nccnc12. The van der Waals surface area contributed by atoms with E-state index in [0.717, 1.165) is 50.9 Å². The molecule has 2 fully saturated rings. The molecule has 0 saturated heterocycles. The van der Waals surface area contributed by atoms with E-state index in [4.69, 9.17) is 0 Å². The molecule has 0 unspecified atom stereocenters. The molecule has 0 spiro atoms. The smallest absolute Gasteiger partial charge is 0.272 e. The summed E-state index contributed by atoms with van der Waals surface area (Å²) in [7, 11) is 1.95. The van der Waals surface area contributed by atoms with Crippen molar-refractivity contribution in [2.75, 3.05) is 0 Å². The zero-order valence-electron chi connectivity index (χ0n) is 59.9. The van der Waals surface area contributed by atoms with Crippen LogP contribution >= 0.6 is 11.8 Å². The molecule has 2 saturated carbocycles. The summed E-state index contributed by atoms with van der Waals surface area (Å²) >= 11 is 1.84. The number of hydrogen-bond acceptors (Lipinski definition) is 9. The van der Waals surface area contributed by atoms with Crippen molar-refractivity contribution in [3.05, 3.63) is 306 Å². The maximum Gasteiger partial charge on any atom is 0.304 e. The minimum Gasteiger partial charge on any atom is -0.272 e. The van der Waals surface area contributed by atoms with Crippen LogP contribution in [0.4, 0.5) is 0 Å². The third-order valence-corrected chi connectivity index (χ3v) is 18.2. The molecule has 6 aromatic heterocycles. The molecule has 504 valence electrons. The first-order valence-corrected chi connectivity index (χ1v) is 35.4. The Bertz CT molecular complexity index is 4260. The molecule has 14 aromatic rings. The molecule has 16 rings (SSSR count). The van der Waals surface area contributed by atoms with E-state index in [9.17, 15) is 0 Å². The van der Waals surface area contributed by atoms with Gasteiger partial charge in [0.15, 0.2) is 23.8 Å². The molecule has 0 radical (unpaired) electrons. The molecule has 10 nitrogen and oxygen atoms in total. The number of hydrogen-bond donors (Lipinski definition) is 1. The lowest BCUT2D eigenvalue weighted by Gasteiger charge is -2.15. The second-order valence-corrected chi connectivity index (χ2v) is 26.4. The molecule has 1 N–H and O–H groups in total. The molecule has 98 heavy (non-hydrogen) atoms. The monoisotopic (exact) mass is 1320 g/mol. The number of rotatable bonds is 2. The highest BCUT2D eigenvalue weighted by Crippen LogP contribution is 2.32. The number of aromatic nitrogens is 10. The van der Waals surface area contributed by atoms with E-state index in [2.05, 4.69) is 271 Å². The molecule has 8 aromatic carbocycles. The fourth-order valence-corrected chi connectivity index (χ4v) is 12.0. The Labute approximate surface area is 588 Å². The topological polar surface area (TPSA) is 123 Å². The van der Waals surface area contributed by atoms with Gasteiger partial charge < -0.3 is 0 Å². The lowest BCUT2D eigenvalue weighted by Crippen LogP contribution is -2.25. The second-order valence-electron chi connectivity index (χ2n) is 25.3. The number of nitrogens with zero attached hydrogens (tertiary/aromatic N) is 9. The van der Waals surface area contributed by atoms with Crippen LogP contribution in [0.3, 0.4) is 0 Å². The Morgan fingerprint density at radius 2 is 0.847 bits per heavy atom. The van der Waals surface area contributed by atoms with Crippen LogP contribution in [-0.2, 0) is 7.05 Å². The number of benzene rings is 8. The van der Waals surface area contributed by atoms with Crippen molar-refractivity contribution < 1.29 is 4.57 Å². The molecule has 0 atom stereocenters. The molecule has 2 aliphatic carbocycles. The number of aromatic amines is 1. The number of nitrogens with one attached hydrogen (secondary N) is 1. The van der Waals surface area contributed by atoms with Crippen molar-refractivity contribution in [3.63, 3.8) is 0 Å². The maximum atomic E-state index is 4.28. The van der Waals surface area contributed by atoms with Gasteiger partial charge in [0.25, 0.3) is 0 Å². The Balaban J connectivity index is 0.000000155. The van der Waals surface area contributed by atoms with Gasteiger partial charge in [-0.25, -0.2) is 29.5 Å². The third-order valence-electron chi connectivity index (χ3n) is 16.9. The van der Waals surface area contributed by atoms with Gasteiger partial charge in [-0.05, 0) is 143 Å². The first-order valence-electron chi connectivity index (χ1n) is 34.5. The van der Waals surface area contributed by atoms with Gasteiger partial charge in [0.05, 0.1) is 29.5 Å². The minimum atomic E-state index is 0.653. The fourth-order valence-electron chi connectivity index (χ4n) is 11.0. The van der Waals surface area contributed by atoms with Crippen molar-refractivity contribution in [2.24, 2.45) is 18.9 Å². The number of H-pyrrole nitrogens is 1. The van der Waals surface area contributed by atoms with E-state index < -0.39 is 0 Å². The Morgan fingerprint density at radius 3 is 1.39 bits per heavy atom. The average molecular weight is 1320 g/mol. The summed E-state index contributed by atoms with van der Waals surface area (Å²) in [4.78, 5) is 38.6. The van der Waals surface area contributed by atoms with Crippen LogP contribution in [-0.4, -0.2) is 44.9 Å². The van der Waals surface area contributed by atoms with Crippen LogP contribution in [0.15, 0.2) is 266 Å². The Morgan fingerprint density at radius 1 is 0.367 bits per heavy atom. The van der Waals surface area contributed by atoms with Crippen LogP contribution in [0.2, 0.25) is 0 Å². The van der Waals surface area contributed by atoms with E-state index in [-0.39, 0.29) is 0 Å². The van der Waals surface area contributed by atoms with Crippen molar-refractivity contribution >= 4 is 66.7 Å². The van der Waals surface area contributed by atoms with Crippen LogP contribution in [0.5, 0.6) is 0 Å². The van der Waals surface area contributed by atoms with Crippen molar-refractivity contribution in [1.29, 1.82) is 0 Å². The van der Waals surface area contributed by atoms with Gasteiger partial charge in [0.1, 0.15) is 11.8 Å². The van der Waals surface area contributed by atoms with E-state index in [1.807, 2.05) is 104 Å². The third kappa shape index (κ3) is 26.3. The van der Waals surface area contributed by atoms with Gasteiger partial charge in [0, 0.05) is 45.4 Å². The van der Waals surface area contributed by atoms with Crippen LogP contribution < -0.4 is 4.57 Å². The molecule has 2 aliphatic rings. The lowest BCUT2D eigenvalue weighted by molar-refractivity contribution is -0.646. The Kier molecular flexibility index (Phi) is 32.4. The Hall–Kier alpha value is -9.84. The van der Waals surface area contributed by atoms with Gasteiger partial charge >= 0.3 is 5.65 Å². The lowest BCUT2D eigenvalue weighted by atomic mass is 9.91. The van der Waals surface area contributed by atoms with E-state index >= 15 is 0 Å². The van der Waals surface area contributed by atoms with E-state index in [0.29, 0.717) is 5.65 Å². The van der Waals surface area contributed by atoms with Gasteiger partial charge in [-0.3, -0.25) is 15.0 Å². The predicted octanol–water partition coefficient (Wildman–Crippen LogP) is 22.7. The molecule has 6 heterocycles. The molecular formula is C87H101N10S+. The first kappa shape index (κ1) is 75.5. The van der Waals surface area contributed by atoms with E-state index in [1.54, 1.807) is 18.7 Å². The fraction of sp³-hybridized carbons (Fsp3) is 0.276. The molecule has 0 amide bonds. The number of aryl methyl sites for hydroxylation is 10. The van der Waals surface area contributed by atoms with Crippen LogP contribution in [0.1, 0.15) is 128 Å². The summed E-state index contributed by atoms with van der Waals surface area (Å²) in [5, 5.41) is 5.10. The summed E-state index contributed by atoms with van der Waals surface area (Å²) in [5.41, 5.74) is 16.6. The van der Waals surface area contributed by atoms with Crippen molar-refractivity contribution in [3.8, 4) is 0 Å². The van der Waals surface area contributed by atoms with Gasteiger partial charge in [0.2, 0.25) is 0 Å². The zero-order chi connectivity index (χ0) is 69.7. The number of para-hydroxylation sites is 1. The zero-order valence-corrected chi connectivity index (χ0v) is 60.7. The number of pyridine rings is 2. The van der Waals surface area contributed by atoms with Crippen LogP contribution in [0, 0.1) is 74.1 Å². The highest BCUT2D eigenvalue weighted by atomic mass is 32.2. The summed E-state index contributed by atoms with van der Waals surface area (Å²) in [6.07, 6.45) is 26.7. The predicted molar refractivity (Wildman–Crippen MR) is 415 cm³/mol. The average Bonchev–Trinajstić information content (AvgIpc) is 1.77. The second kappa shape index (κ2) is 42.0. The minimum absolute atomic E-state index is 0.653. The summed E-state index contributed by atoms with van der Waals surface area (Å²) in [6, 6.07) is 72.9. The summed E-state index contributed by atoms with van der Waals surface area (Å²) in [6.45, 7) is 23.3. The highest BCUT2D eigenvalue weighted by Gasteiger charge is 2.11. The number of fused-ring (bicyclic) bond motifs is 5. The van der Waals surface area contributed by atoms with E-state index in [1.165, 1.54) is 141 Å². The molecule has 0 aliphatic heterocycles. The molecule has 0 bridgehead atoms. The molecular weight excluding hydrogens is 1220 g/mol. The summed E-state index contributed by atoms with van der Waals surface area (Å²) in [5.74, 6) is 2.07.